The predicted octanol–water partition coefficient (Wildman–Crippen LogP) is 3.58. The molecule has 0 spiro atoms. The van der Waals surface area contributed by atoms with Crippen molar-refractivity contribution in [2.45, 2.75) is 30.9 Å². The molecule has 2 aromatic carbocycles. The third kappa shape index (κ3) is 3.74. The van der Waals surface area contributed by atoms with E-state index < -0.39 is 22.2 Å². The third-order valence-electron chi connectivity index (χ3n) is 4.40. The molecular formula is C20H20N2O4S. The molecule has 3 rings (SSSR count). The maximum Gasteiger partial charge on any atom is 0.265 e. The van der Waals surface area contributed by atoms with Gasteiger partial charge in [0.15, 0.2) is 0 Å². The van der Waals surface area contributed by atoms with Crippen LogP contribution in [0.2, 0.25) is 0 Å². The van der Waals surface area contributed by atoms with Crippen LogP contribution in [0, 0.1) is 11.3 Å². The predicted molar refractivity (Wildman–Crippen MR) is 100 cm³/mol. The van der Waals surface area contributed by atoms with Gasteiger partial charge in [-0.3, -0.25) is 4.84 Å². The number of hydrogen-bond acceptors (Lipinski definition) is 5. The molecule has 6 nitrogen and oxygen atoms in total. The van der Waals surface area contributed by atoms with Gasteiger partial charge in [0.2, 0.25) is 0 Å². The molecule has 1 heterocycles. The Hall–Kier alpha value is -2.66. The molecule has 1 aliphatic heterocycles. The first-order valence-corrected chi connectivity index (χ1v) is 9.84. The largest absolute Gasteiger partial charge is 0.497 e. The first kappa shape index (κ1) is 19.1. The van der Waals surface area contributed by atoms with E-state index in [4.69, 9.17) is 14.8 Å². The number of benzene rings is 2. The Kier molecular flexibility index (Phi) is 5.33. The second-order valence-corrected chi connectivity index (χ2v) is 8.09. The number of rotatable bonds is 4. The van der Waals surface area contributed by atoms with Gasteiger partial charge in [-0.05, 0) is 61.4 Å². The molecule has 27 heavy (non-hydrogen) atoms. The van der Waals surface area contributed by atoms with E-state index in [1.807, 2.05) is 43.3 Å². The molecule has 0 amide bonds. The first-order valence-electron chi connectivity index (χ1n) is 8.40. The third-order valence-corrected chi connectivity index (χ3v) is 6.16. The van der Waals surface area contributed by atoms with E-state index in [-0.39, 0.29) is 4.90 Å². The lowest BCUT2D eigenvalue weighted by molar-refractivity contribution is -0.143. The Balaban J connectivity index is 1.94. The number of nitriles is 1. The SMILES string of the molecule is COc1ccc(C2ON(S(=O)(=O)c3ccc(C#N)cc3)C(C)C=C2C)cc1. The summed E-state index contributed by atoms with van der Waals surface area (Å²) in [5, 5.41) is 8.90. The van der Waals surface area contributed by atoms with Crippen LogP contribution in [0.25, 0.3) is 0 Å². The van der Waals surface area contributed by atoms with Gasteiger partial charge in [0.25, 0.3) is 10.0 Å². The van der Waals surface area contributed by atoms with Crippen molar-refractivity contribution in [2.75, 3.05) is 7.11 Å². The number of hydroxylamine groups is 1. The summed E-state index contributed by atoms with van der Waals surface area (Å²) in [6.45, 7) is 3.67. The topological polar surface area (TPSA) is 79.6 Å². The minimum Gasteiger partial charge on any atom is -0.497 e. The van der Waals surface area contributed by atoms with Gasteiger partial charge in [-0.1, -0.05) is 22.7 Å². The Morgan fingerprint density at radius 3 is 2.30 bits per heavy atom. The van der Waals surface area contributed by atoms with Crippen LogP contribution in [0.4, 0.5) is 0 Å². The van der Waals surface area contributed by atoms with Crippen molar-refractivity contribution in [1.82, 2.24) is 4.47 Å². The minimum atomic E-state index is -3.88. The van der Waals surface area contributed by atoms with Crippen molar-refractivity contribution in [3.8, 4) is 11.8 Å². The lowest BCUT2D eigenvalue weighted by Gasteiger charge is -2.35. The maximum absolute atomic E-state index is 13.1. The van der Waals surface area contributed by atoms with Crippen LogP contribution < -0.4 is 4.74 Å². The zero-order valence-electron chi connectivity index (χ0n) is 15.3. The highest BCUT2D eigenvalue weighted by atomic mass is 32.2. The number of methoxy groups -OCH3 is 1. The highest BCUT2D eigenvalue weighted by molar-refractivity contribution is 7.89. The summed E-state index contributed by atoms with van der Waals surface area (Å²) in [7, 11) is -2.29. The molecule has 0 saturated heterocycles. The molecule has 2 unspecified atom stereocenters. The molecule has 2 aromatic rings. The van der Waals surface area contributed by atoms with E-state index in [1.54, 1.807) is 14.0 Å². The molecule has 0 saturated carbocycles. The standard InChI is InChI=1S/C20H20N2O4S/c1-14-12-15(2)22(26-20(14)17-6-8-18(25-3)9-7-17)27(23,24)19-10-4-16(13-21)5-11-19/h4-12,15,20H,1-3H3. The van der Waals surface area contributed by atoms with Crippen LogP contribution in [-0.2, 0) is 14.9 Å². The molecule has 0 bridgehead atoms. The van der Waals surface area contributed by atoms with E-state index >= 15 is 0 Å². The van der Waals surface area contributed by atoms with E-state index in [2.05, 4.69) is 0 Å². The van der Waals surface area contributed by atoms with Gasteiger partial charge >= 0.3 is 0 Å². The zero-order chi connectivity index (χ0) is 19.6. The molecular weight excluding hydrogens is 364 g/mol. The first-order chi connectivity index (χ1) is 12.9. The summed E-state index contributed by atoms with van der Waals surface area (Å²) in [6, 6.07) is 14.6. The summed E-state index contributed by atoms with van der Waals surface area (Å²) in [4.78, 5) is 6.00. The smallest absolute Gasteiger partial charge is 0.265 e. The lowest BCUT2D eigenvalue weighted by Crippen LogP contribution is -2.41. The molecule has 2 atom stereocenters. The molecule has 0 N–H and O–H groups in total. The van der Waals surface area contributed by atoms with Crippen LogP contribution in [0.5, 0.6) is 5.75 Å². The number of nitrogens with zero attached hydrogens (tertiary/aromatic N) is 2. The summed E-state index contributed by atoms with van der Waals surface area (Å²) in [5.74, 6) is 0.714. The van der Waals surface area contributed by atoms with Gasteiger partial charge < -0.3 is 4.74 Å². The van der Waals surface area contributed by atoms with Gasteiger partial charge in [0.05, 0.1) is 29.7 Å². The van der Waals surface area contributed by atoms with Gasteiger partial charge in [-0.25, -0.2) is 8.42 Å². The van der Waals surface area contributed by atoms with Crippen molar-refractivity contribution in [3.05, 3.63) is 71.3 Å². The summed E-state index contributed by atoms with van der Waals surface area (Å²) >= 11 is 0. The van der Waals surface area contributed by atoms with Crippen LogP contribution >= 0.6 is 0 Å². The Morgan fingerprint density at radius 1 is 1.11 bits per heavy atom. The molecule has 0 fully saturated rings. The molecule has 1 aliphatic rings. The van der Waals surface area contributed by atoms with Crippen molar-refractivity contribution in [1.29, 1.82) is 5.26 Å². The molecule has 0 aliphatic carbocycles. The second-order valence-electron chi connectivity index (χ2n) is 6.31. The van der Waals surface area contributed by atoms with Crippen molar-refractivity contribution in [3.63, 3.8) is 0 Å². The second kappa shape index (κ2) is 7.53. The van der Waals surface area contributed by atoms with Crippen LogP contribution in [0.1, 0.15) is 31.1 Å². The van der Waals surface area contributed by atoms with E-state index in [0.717, 1.165) is 15.6 Å². The van der Waals surface area contributed by atoms with Crippen molar-refractivity contribution >= 4 is 10.0 Å². The number of ether oxygens (including phenoxy) is 1. The van der Waals surface area contributed by atoms with E-state index in [0.29, 0.717) is 11.3 Å². The number of sulfonamides is 1. The highest BCUT2D eigenvalue weighted by Gasteiger charge is 2.36. The Morgan fingerprint density at radius 2 is 1.74 bits per heavy atom. The van der Waals surface area contributed by atoms with Gasteiger partial charge in [-0.15, -0.1) is 0 Å². The van der Waals surface area contributed by atoms with Crippen LogP contribution in [0.15, 0.2) is 65.1 Å². The van der Waals surface area contributed by atoms with E-state index in [1.165, 1.54) is 24.3 Å². The monoisotopic (exact) mass is 384 g/mol. The van der Waals surface area contributed by atoms with Gasteiger partial charge in [0.1, 0.15) is 11.9 Å². The van der Waals surface area contributed by atoms with E-state index in [9.17, 15) is 8.42 Å². The minimum absolute atomic E-state index is 0.0785. The average Bonchev–Trinajstić information content (AvgIpc) is 2.68. The van der Waals surface area contributed by atoms with Crippen molar-refractivity contribution < 1.29 is 18.0 Å². The van der Waals surface area contributed by atoms with Crippen LogP contribution in [0.3, 0.4) is 0 Å². The zero-order valence-corrected chi connectivity index (χ0v) is 16.1. The quantitative estimate of drug-likeness (QED) is 0.753. The average molecular weight is 384 g/mol. The lowest BCUT2D eigenvalue weighted by atomic mass is 10.00. The van der Waals surface area contributed by atoms with Gasteiger partial charge in [0, 0.05) is 0 Å². The van der Waals surface area contributed by atoms with Gasteiger partial charge in [-0.2, -0.15) is 5.26 Å². The molecule has 0 aromatic heterocycles. The van der Waals surface area contributed by atoms with Crippen LogP contribution in [-0.4, -0.2) is 26.0 Å². The normalized spacial score (nSPS) is 20.6. The summed E-state index contributed by atoms with van der Waals surface area (Å²) < 4.78 is 32.3. The van der Waals surface area contributed by atoms with Crippen molar-refractivity contribution in [2.24, 2.45) is 0 Å². The highest BCUT2D eigenvalue weighted by Crippen LogP contribution is 2.35. The molecule has 140 valence electrons. The Bertz CT molecular complexity index is 990. The fourth-order valence-corrected chi connectivity index (χ4v) is 4.38. The molecule has 7 heteroatoms. The number of hydrogen-bond donors (Lipinski definition) is 0. The maximum atomic E-state index is 13.1. The fraction of sp³-hybridized carbons (Fsp3) is 0.250. The molecule has 0 radical (unpaired) electrons. The fourth-order valence-electron chi connectivity index (χ4n) is 3.00. The summed E-state index contributed by atoms with van der Waals surface area (Å²) in [6.07, 6.45) is 1.36. The Labute approximate surface area is 159 Å². The summed E-state index contributed by atoms with van der Waals surface area (Å²) in [5.41, 5.74) is 2.16.